The average molecular weight is 320 g/mol. The fraction of sp³-hybridized carbons (Fsp3) is 0.176. The SMILES string of the molecule is Cc1ccc(-c2nc(Cn3cc(-c4ccn(C)n4)cn3)no2)cc1. The van der Waals surface area contributed by atoms with E-state index < -0.39 is 0 Å². The molecule has 7 nitrogen and oxygen atoms in total. The van der Waals surface area contributed by atoms with E-state index in [0.29, 0.717) is 18.3 Å². The molecule has 4 aromatic rings. The molecule has 4 rings (SSSR count). The summed E-state index contributed by atoms with van der Waals surface area (Å²) >= 11 is 0. The van der Waals surface area contributed by atoms with Gasteiger partial charge in [-0.15, -0.1) is 0 Å². The van der Waals surface area contributed by atoms with E-state index in [1.54, 1.807) is 15.6 Å². The Morgan fingerprint density at radius 2 is 1.92 bits per heavy atom. The molecule has 3 aromatic heterocycles. The van der Waals surface area contributed by atoms with Crippen LogP contribution in [0.25, 0.3) is 22.7 Å². The lowest BCUT2D eigenvalue weighted by molar-refractivity contribution is 0.419. The van der Waals surface area contributed by atoms with Crippen LogP contribution >= 0.6 is 0 Å². The topological polar surface area (TPSA) is 74.6 Å². The number of aryl methyl sites for hydroxylation is 2. The minimum absolute atomic E-state index is 0.447. The minimum atomic E-state index is 0.447. The molecule has 0 saturated carbocycles. The first kappa shape index (κ1) is 14.4. The Morgan fingerprint density at radius 1 is 1.08 bits per heavy atom. The monoisotopic (exact) mass is 320 g/mol. The van der Waals surface area contributed by atoms with Crippen LogP contribution in [0, 0.1) is 6.92 Å². The highest BCUT2D eigenvalue weighted by atomic mass is 16.5. The van der Waals surface area contributed by atoms with Gasteiger partial charge in [-0.2, -0.15) is 15.2 Å². The van der Waals surface area contributed by atoms with Gasteiger partial charge in [-0.3, -0.25) is 9.36 Å². The highest BCUT2D eigenvalue weighted by molar-refractivity contribution is 5.56. The normalized spacial score (nSPS) is 11.1. The van der Waals surface area contributed by atoms with E-state index in [1.165, 1.54) is 5.56 Å². The van der Waals surface area contributed by atoms with Crippen LogP contribution in [0.15, 0.2) is 53.4 Å². The van der Waals surface area contributed by atoms with Crippen LogP contribution in [0.5, 0.6) is 0 Å². The fourth-order valence-electron chi connectivity index (χ4n) is 2.43. The van der Waals surface area contributed by atoms with Crippen LogP contribution in [0.1, 0.15) is 11.4 Å². The quantitative estimate of drug-likeness (QED) is 0.578. The number of nitrogens with zero attached hydrogens (tertiary/aromatic N) is 6. The predicted molar refractivity (Wildman–Crippen MR) is 88.0 cm³/mol. The van der Waals surface area contributed by atoms with Crippen molar-refractivity contribution in [1.82, 2.24) is 29.7 Å². The third kappa shape index (κ3) is 2.83. The number of benzene rings is 1. The van der Waals surface area contributed by atoms with Gasteiger partial charge in [-0.25, -0.2) is 0 Å². The van der Waals surface area contributed by atoms with Crippen LogP contribution in [0.4, 0.5) is 0 Å². The minimum Gasteiger partial charge on any atom is -0.334 e. The molecule has 0 N–H and O–H groups in total. The predicted octanol–water partition coefficient (Wildman–Crippen LogP) is 2.69. The van der Waals surface area contributed by atoms with E-state index in [9.17, 15) is 0 Å². The van der Waals surface area contributed by atoms with Crippen molar-refractivity contribution < 1.29 is 4.52 Å². The van der Waals surface area contributed by atoms with Crippen molar-refractivity contribution in [3.63, 3.8) is 0 Å². The molecule has 0 radical (unpaired) electrons. The molecule has 0 fully saturated rings. The molecule has 3 heterocycles. The van der Waals surface area contributed by atoms with Gasteiger partial charge in [-0.1, -0.05) is 22.9 Å². The van der Waals surface area contributed by atoms with Crippen LogP contribution in [0.2, 0.25) is 0 Å². The first-order chi connectivity index (χ1) is 11.7. The molecule has 0 saturated heterocycles. The van der Waals surface area contributed by atoms with Crippen molar-refractivity contribution >= 4 is 0 Å². The van der Waals surface area contributed by atoms with Crippen molar-refractivity contribution in [3.8, 4) is 22.7 Å². The van der Waals surface area contributed by atoms with Gasteiger partial charge in [0.25, 0.3) is 5.89 Å². The lowest BCUT2D eigenvalue weighted by Crippen LogP contribution is -2.01. The summed E-state index contributed by atoms with van der Waals surface area (Å²) in [5, 5.41) is 12.7. The third-order valence-electron chi connectivity index (χ3n) is 3.71. The maximum Gasteiger partial charge on any atom is 0.257 e. The van der Waals surface area contributed by atoms with Gasteiger partial charge in [0.15, 0.2) is 5.82 Å². The molecule has 0 aliphatic heterocycles. The fourth-order valence-corrected chi connectivity index (χ4v) is 2.43. The van der Waals surface area contributed by atoms with E-state index in [1.807, 2.05) is 56.7 Å². The highest BCUT2D eigenvalue weighted by Crippen LogP contribution is 2.19. The van der Waals surface area contributed by atoms with E-state index in [4.69, 9.17) is 4.52 Å². The summed E-state index contributed by atoms with van der Waals surface area (Å²) in [6.45, 7) is 2.49. The van der Waals surface area contributed by atoms with Crippen molar-refractivity contribution in [1.29, 1.82) is 0 Å². The molecule has 0 aliphatic rings. The van der Waals surface area contributed by atoms with E-state index >= 15 is 0 Å². The highest BCUT2D eigenvalue weighted by Gasteiger charge is 2.11. The average Bonchev–Trinajstić information content (AvgIpc) is 3.30. The zero-order valence-corrected chi connectivity index (χ0v) is 13.4. The molecule has 0 spiro atoms. The van der Waals surface area contributed by atoms with Gasteiger partial charge in [0.2, 0.25) is 0 Å². The summed E-state index contributed by atoms with van der Waals surface area (Å²) in [7, 11) is 1.89. The maximum absolute atomic E-state index is 5.34. The van der Waals surface area contributed by atoms with Gasteiger partial charge < -0.3 is 4.52 Å². The first-order valence-electron chi connectivity index (χ1n) is 7.59. The number of aromatic nitrogens is 6. The second-order valence-corrected chi connectivity index (χ2v) is 5.68. The van der Waals surface area contributed by atoms with Gasteiger partial charge in [0.1, 0.15) is 6.54 Å². The Kier molecular flexibility index (Phi) is 3.45. The summed E-state index contributed by atoms with van der Waals surface area (Å²) < 4.78 is 8.87. The van der Waals surface area contributed by atoms with Gasteiger partial charge in [0, 0.05) is 30.6 Å². The smallest absolute Gasteiger partial charge is 0.257 e. The lowest BCUT2D eigenvalue weighted by Gasteiger charge is -1.95. The summed E-state index contributed by atoms with van der Waals surface area (Å²) in [5.74, 6) is 1.10. The van der Waals surface area contributed by atoms with E-state index in [2.05, 4.69) is 20.3 Å². The number of hydrogen-bond acceptors (Lipinski definition) is 5. The standard InChI is InChI=1S/C17H16N6O/c1-12-3-5-13(6-4-12)17-19-16(21-24-17)11-23-10-14(9-18-23)15-7-8-22(2)20-15/h3-10H,11H2,1-2H3. The van der Waals surface area contributed by atoms with Crippen molar-refractivity contribution in [3.05, 3.63) is 60.3 Å². The molecule has 0 unspecified atom stereocenters. The Hall–Kier alpha value is -3.22. The van der Waals surface area contributed by atoms with Crippen LogP contribution in [0.3, 0.4) is 0 Å². The molecule has 24 heavy (non-hydrogen) atoms. The van der Waals surface area contributed by atoms with E-state index in [0.717, 1.165) is 16.8 Å². The molecular weight excluding hydrogens is 304 g/mol. The largest absolute Gasteiger partial charge is 0.334 e. The first-order valence-corrected chi connectivity index (χ1v) is 7.59. The maximum atomic E-state index is 5.34. The van der Waals surface area contributed by atoms with Crippen molar-refractivity contribution in [2.24, 2.45) is 7.05 Å². The Labute approximate surface area is 138 Å². The molecular formula is C17H16N6O. The van der Waals surface area contributed by atoms with Gasteiger partial charge >= 0.3 is 0 Å². The second kappa shape index (κ2) is 5.77. The summed E-state index contributed by atoms with van der Waals surface area (Å²) in [4.78, 5) is 4.43. The molecule has 120 valence electrons. The van der Waals surface area contributed by atoms with Crippen LogP contribution in [-0.2, 0) is 13.6 Å². The molecule has 7 heteroatoms. The molecule has 0 atom stereocenters. The van der Waals surface area contributed by atoms with Gasteiger partial charge in [-0.05, 0) is 25.1 Å². The van der Waals surface area contributed by atoms with Crippen molar-refractivity contribution in [2.45, 2.75) is 13.5 Å². The van der Waals surface area contributed by atoms with E-state index in [-0.39, 0.29) is 0 Å². The molecule has 0 aliphatic carbocycles. The van der Waals surface area contributed by atoms with Crippen LogP contribution in [-0.4, -0.2) is 29.7 Å². The molecule has 1 aromatic carbocycles. The summed E-state index contributed by atoms with van der Waals surface area (Å²) in [5.41, 5.74) is 3.95. The Morgan fingerprint density at radius 3 is 2.67 bits per heavy atom. The zero-order chi connectivity index (χ0) is 16.5. The van der Waals surface area contributed by atoms with Gasteiger partial charge in [0.05, 0.1) is 11.9 Å². The number of hydrogen-bond donors (Lipinski definition) is 0. The molecule has 0 bridgehead atoms. The van der Waals surface area contributed by atoms with Crippen molar-refractivity contribution in [2.75, 3.05) is 0 Å². The second-order valence-electron chi connectivity index (χ2n) is 5.68. The molecule has 0 amide bonds. The Bertz CT molecular complexity index is 963. The van der Waals surface area contributed by atoms with Crippen LogP contribution < -0.4 is 0 Å². The third-order valence-corrected chi connectivity index (χ3v) is 3.71. The summed E-state index contributed by atoms with van der Waals surface area (Å²) in [6.07, 6.45) is 5.60. The Balaban J connectivity index is 1.52. The number of rotatable bonds is 4. The summed E-state index contributed by atoms with van der Waals surface area (Å²) in [6, 6.07) is 9.93. The lowest BCUT2D eigenvalue weighted by atomic mass is 10.1. The zero-order valence-electron chi connectivity index (χ0n) is 13.4.